The molecule has 1 atom stereocenters. The highest BCUT2D eigenvalue weighted by molar-refractivity contribution is 5.75. The van der Waals surface area contributed by atoms with Crippen LogP contribution in [0.4, 0.5) is 0 Å². The smallest absolute Gasteiger partial charge is 0.323 e. The third-order valence-corrected chi connectivity index (χ3v) is 3.39. The van der Waals surface area contributed by atoms with Gasteiger partial charge < -0.3 is 10.5 Å². The van der Waals surface area contributed by atoms with Gasteiger partial charge in [0.1, 0.15) is 12.6 Å². The zero-order valence-corrected chi connectivity index (χ0v) is 12.6. The summed E-state index contributed by atoms with van der Waals surface area (Å²) < 4.78 is 5.25. The highest BCUT2D eigenvalue weighted by Gasteiger charge is 2.15. The zero-order valence-electron chi connectivity index (χ0n) is 12.6. The largest absolute Gasteiger partial charge is 0.460 e. The van der Waals surface area contributed by atoms with Crippen LogP contribution in [0, 0.1) is 0 Å². The summed E-state index contributed by atoms with van der Waals surface area (Å²) in [5.74, 6) is -0.376. The fourth-order valence-electron chi connectivity index (χ4n) is 2.15. The molecule has 114 valence electrons. The molecule has 0 fully saturated rings. The molecule has 22 heavy (non-hydrogen) atoms. The van der Waals surface area contributed by atoms with Gasteiger partial charge >= 0.3 is 5.97 Å². The molecule has 0 spiro atoms. The summed E-state index contributed by atoms with van der Waals surface area (Å²) in [5.41, 5.74) is 9.09. The lowest BCUT2D eigenvalue weighted by Crippen LogP contribution is -2.34. The third-order valence-electron chi connectivity index (χ3n) is 3.39. The Balaban J connectivity index is 1.84. The van der Waals surface area contributed by atoms with Crippen molar-refractivity contribution >= 4 is 5.97 Å². The summed E-state index contributed by atoms with van der Waals surface area (Å²) in [6, 6.07) is 17.0. The van der Waals surface area contributed by atoms with E-state index in [1.54, 1.807) is 0 Å². The predicted octanol–water partition coefficient (Wildman–Crippen LogP) is 3.03. The van der Waals surface area contributed by atoms with Crippen molar-refractivity contribution < 1.29 is 9.53 Å². The number of ether oxygens (including phenoxy) is 1. The van der Waals surface area contributed by atoms with Gasteiger partial charge in [0.15, 0.2) is 0 Å². The summed E-state index contributed by atoms with van der Waals surface area (Å²) in [6.07, 6.45) is 3.18. The maximum absolute atomic E-state index is 11.9. The van der Waals surface area contributed by atoms with Crippen molar-refractivity contribution in [1.29, 1.82) is 0 Å². The molecule has 2 rings (SSSR count). The molecule has 0 aliphatic rings. The fraction of sp³-hybridized carbons (Fsp3) is 0.211. The Kier molecular flexibility index (Phi) is 5.92. The van der Waals surface area contributed by atoms with Crippen LogP contribution in [0.25, 0.3) is 0 Å². The quantitative estimate of drug-likeness (QED) is 0.631. The van der Waals surface area contributed by atoms with Crippen LogP contribution in [0.2, 0.25) is 0 Å². The van der Waals surface area contributed by atoms with E-state index in [-0.39, 0.29) is 12.6 Å². The van der Waals surface area contributed by atoms with Gasteiger partial charge in [0, 0.05) is 0 Å². The molecule has 0 bridgehead atoms. The summed E-state index contributed by atoms with van der Waals surface area (Å²) in [4.78, 5) is 11.9. The van der Waals surface area contributed by atoms with E-state index in [1.807, 2.05) is 60.7 Å². The molecule has 0 saturated carbocycles. The van der Waals surface area contributed by atoms with Crippen molar-refractivity contribution in [3.05, 3.63) is 83.9 Å². The Morgan fingerprint density at radius 3 is 2.32 bits per heavy atom. The van der Waals surface area contributed by atoms with E-state index in [2.05, 4.69) is 6.58 Å². The highest BCUT2D eigenvalue weighted by Crippen LogP contribution is 2.09. The van der Waals surface area contributed by atoms with Gasteiger partial charge in [-0.1, -0.05) is 60.7 Å². The van der Waals surface area contributed by atoms with Crippen LogP contribution < -0.4 is 5.73 Å². The zero-order chi connectivity index (χ0) is 15.8. The van der Waals surface area contributed by atoms with Gasteiger partial charge in [-0.25, -0.2) is 0 Å². The van der Waals surface area contributed by atoms with Crippen LogP contribution >= 0.6 is 0 Å². The first-order chi connectivity index (χ1) is 10.7. The second kappa shape index (κ2) is 8.15. The van der Waals surface area contributed by atoms with Crippen LogP contribution in [-0.4, -0.2) is 12.0 Å². The number of hydrogen-bond donors (Lipinski definition) is 1. The first-order valence-corrected chi connectivity index (χ1v) is 7.34. The SMILES string of the molecule is C=CCc1ccc(C[C@H](N)C(=O)OCc2ccccc2)cc1. The van der Waals surface area contributed by atoms with Crippen molar-refractivity contribution in [2.24, 2.45) is 5.73 Å². The number of carbonyl (C=O) groups is 1. The second-order valence-electron chi connectivity index (χ2n) is 5.21. The standard InChI is InChI=1S/C19H21NO2/c1-2-6-15-9-11-16(12-10-15)13-18(20)19(21)22-14-17-7-4-3-5-8-17/h2-5,7-12,18H,1,6,13-14,20H2/t18-/m0/s1. The van der Waals surface area contributed by atoms with Crippen LogP contribution in [0.3, 0.4) is 0 Å². The van der Waals surface area contributed by atoms with Crippen molar-refractivity contribution in [2.75, 3.05) is 0 Å². The summed E-state index contributed by atoms with van der Waals surface area (Å²) in [6.45, 7) is 3.97. The number of carbonyl (C=O) groups excluding carboxylic acids is 1. The Morgan fingerprint density at radius 2 is 1.68 bits per heavy atom. The van der Waals surface area contributed by atoms with Gasteiger partial charge in [-0.15, -0.1) is 6.58 Å². The number of rotatable bonds is 7. The maximum atomic E-state index is 11.9. The van der Waals surface area contributed by atoms with Crippen molar-refractivity contribution in [1.82, 2.24) is 0 Å². The summed E-state index contributed by atoms with van der Waals surface area (Å²) in [7, 11) is 0. The number of hydrogen-bond acceptors (Lipinski definition) is 3. The van der Waals surface area contributed by atoms with E-state index in [4.69, 9.17) is 10.5 Å². The number of benzene rings is 2. The van der Waals surface area contributed by atoms with E-state index in [0.29, 0.717) is 6.42 Å². The third kappa shape index (κ3) is 4.86. The van der Waals surface area contributed by atoms with E-state index in [1.165, 1.54) is 5.56 Å². The molecule has 0 aliphatic carbocycles. The van der Waals surface area contributed by atoms with Crippen LogP contribution in [-0.2, 0) is 29.0 Å². The topological polar surface area (TPSA) is 52.3 Å². The van der Waals surface area contributed by atoms with Gasteiger partial charge in [-0.2, -0.15) is 0 Å². The Morgan fingerprint density at radius 1 is 1.05 bits per heavy atom. The van der Waals surface area contributed by atoms with Crippen LogP contribution in [0.15, 0.2) is 67.3 Å². The van der Waals surface area contributed by atoms with Gasteiger partial charge in [0.2, 0.25) is 0 Å². The average Bonchev–Trinajstić information content (AvgIpc) is 2.55. The predicted molar refractivity (Wildman–Crippen MR) is 88.3 cm³/mol. The highest BCUT2D eigenvalue weighted by atomic mass is 16.5. The molecule has 0 heterocycles. The van der Waals surface area contributed by atoms with E-state index >= 15 is 0 Å². The van der Waals surface area contributed by atoms with Crippen molar-refractivity contribution in [3.63, 3.8) is 0 Å². The molecule has 2 N–H and O–H groups in total. The summed E-state index contributed by atoms with van der Waals surface area (Å²) in [5, 5.41) is 0. The minimum absolute atomic E-state index is 0.256. The van der Waals surface area contributed by atoms with Gasteiger partial charge in [-0.05, 0) is 29.5 Å². The van der Waals surface area contributed by atoms with E-state index in [0.717, 1.165) is 17.5 Å². The number of nitrogens with two attached hydrogens (primary N) is 1. The molecule has 0 aliphatic heterocycles. The van der Waals surface area contributed by atoms with E-state index < -0.39 is 6.04 Å². The molecule has 0 saturated heterocycles. The number of esters is 1. The molecular weight excluding hydrogens is 274 g/mol. The average molecular weight is 295 g/mol. The van der Waals surface area contributed by atoms with Gasteiger partial charge in [0.25, 0.3) is 0 Å². The Hall–Kier alpha value is -2.39. The molecule has 0 radical (unpaired) electrons. The molecule has 2 aromatic carbocycles. The molecule has 0 amide bonds. The van der Waals surface area contributed by atoms with Crippen LogP contribution in [0.1, 0.15) is 16.7 Å². The molecule has 0 unspecified atom stereocenters. The molecule has 3 heteroatoms. The first kappa shape index (κ1) is 16.0. The van der Waals surface area contributed by atoms with Gasteiger partial charge in [-0.3, -0.25) is 4.79 Å². The molecule has 2 aromatic rings. The monoisotopic (exact) mass is 295 g/mol. The van der Waals surface area contributed by atoms with Crippen LogP contribution in [0.5, 0.6) is 0 Å². The molecule has 0 aromatic heterocycles. The normalized spacial score (nSPS) is 11.7. The lowest BCUT2D eigenvalue weighted by atomic mass is 10.0. The summed E-state index contributed by atoms with van der Waals surface area (Å²) >= 11 is 0. The number of allylic oxidation sites excluding steroid dienone is 1. The Bertz CT molecular complexity index is 605. The Labute approximate surface area is 131 Å². The first-order valence-electron chi connectivity index (χ1n) is 7.34. The molecular formula is C19H21NO2. The maximum Gasteiger partial charge on any atom is 0.323 e. The van der Waals surface area contributed by atoms with E-state index in [9.17, 15) is 4.79 Å². The van der Waals surface area contributed by atoms with Gasteiger partial charge in [0.05, 0.1) is 0 Å². The molecule has 3 nitrogen and oxygen atoms in total. The van der Waals surface area contributed by atoms with Crippen molar-refractivity contribution in [2.45, 2.75) is 25.5 Å². The fourth-order valence-corrected chi connectivity index (χ4v) is 2.15. The second-order valence-corrected chi connectivity index (χ2v) is 5.21. The van der Waals surface area contributed by atoms with Crippen molar-refractivity contribution in [3.8, 4) is 0 Å². The lowest BCUT2D eigenvalue weighted by molar-refractivity contribution is -0.146. The minimum atomic E-state index is -0.644. The minimum Gasteiger partial charge on any atom is -0.460 e. The lowest BCUT2D eigenvalue weighted by Gasteiger charge is -2.12.